The molecule has 6 nitrogen and oxygen atoms in total. The Morgan fingerprint density at radius 2 is 2.21 bits per heavy atom. The van der Waals surface area contributed by atoms with Crippen LogP contribution in [0.5, 0.6) is 0 Å². The molecule has 19 heavy (non-hydrogen) atoms. The molecule has 0 radical (unpaired) electrons. The number of carbonyl (C=O) groups is 1. The van der Waals surface area contributed by atoms with Gasteiger partial charge in [0.15, 0.2) is 0 Å². The Morgan fingerprint density at radius 3 is 2.74 bits per heavy atom. The normalized spacial score (nSPS) is 11.8. The van der Waals surface area contributed by atoms with E-state index in [-0.39, 0.29) is 10.1 Å². The Morgan fingerprint density at radius 1 is 1.42 bits per heavy atom. The number of rotatable bonds is 5. The van der Waals surface area contributed by atoms with Crippen LogP contribution >= 0.6 is 11.8 Å². The van der Waals surface area contributed by atoms with Crippen molar-refractivity contribution in [2.75, 3.05) is 0 Å². The molecule has 7 heteroatoms. The van der Waals surface area contributed by atoms with E-state index in [4.69, 9.17) is 8.83 Å². The molecule has 0 fully saturated rings. The summed E-state index contributed by atoms with van der Waals surface area (Å²) in [5.41, 5.74) is 0. The molecule has 0 spiro atoms. The van der Waals surface area contributed by atoms with Gasteiger partial charge >= 0.3 is 0 Å². The van der Waals surface area contributed by atoms with Crippen molar-refractivity contribution in [2.24, 2.45) is 0 Å². The van der Waals surface area contributed by atoms with Crippen LogP contribution in [0, 0.1) is 6.92 Å². The Bertz CT molecular complexity index is 615. The molecule has 0 unspecified atom stereocenters. The Labute approximate surface area is 113 Å². The SMILES string of the molecule is CCc1nnc(S/C(=C/c2ccc(C)o2)C(=O)[O-])o1. The molecular weight excluding hydrogens is 268 g/mol. The first kappa shape index (κ1) is 13.4. The zero-order chi connectivity index (χ0) is 13.8. The highest BCUT2D eigenvalue weighted by molar-refractivity contribution is 8.03. The highest BCUT2D eigenvalue weighted by Crippen LogP contribution is 2.27. The number of nitrogens with zero attached hydrogens (tertiary/aromatic N) is 2. The van der Waals surface area contributed by atoms with E-state index in [2.05, 4.69) is 10.2 Å². The van der Waals surface area contributed by atoms with E-state index in [0.29, 0.717) is 23.8 Å². The molecule has 100 valence electrons. The van der Waals surface area contributed by atoms with Gasteiger partial charge in [-0.2, -0.15) is 0 Å². The van der Waals surface area contributed by atoms with Gasteiger partial charge in [-0.3, -0.25) is 0 Å². The van der Waals surface area contributed by atoms with Crippen LogP contribution in [-0.4, -0.2) is 16.2 Å². The lowest BCUT2D eigenvalue weighted by molar-refractivity contribution is -0.298. The van der Waals surface area contributed by atoms with E-state index in [1.165, 1.54) is 6.08 Å². The second-order valence-electron chi connectivity index (χ2n) is 3.66. The summed E-state index contributed by atoms with van der Waals surface area (Å²) in [6.07, 6.45) is 1.96. The summed E-state index contributed by atoms with van der Waals surface area (Å²) in [6.45, 7) is 3.64. The van der Waals surface area contributed by atoms with Gasteiger partial charge in [0, 0.05) is 11.3 Å². The quantitative estimate of drug-likeness (QED) is 0.603. The van der Waals surface area contributed by atoms with E-state index < -0.39 is 5.97 Å². The highest BCUT2D eigenvalue weighted by atomic mass is 32.2. The molecule has 0 amide bonds. The van der Waals surface area contributed by atoms with E-state index in [1.54, 1.807) is 19.1 Å². The first-order valence-electron chi connectivity index (χ1n) is 5.58. The van der Waals surface area contributed by atoms with Gasteiger partial charge in [-0.05, 0) is 36.9 Å². The van der Waals surface area contributed by atoms with Crippen molar-refractivity contribution in [2.45, 2.75) is 25.5 Å². The number of carbonyl (C=O) groups excluding carboxylic acids is 1. The second kappa shape index (κ2) is 5.75. The van der Waals surface area contributed by atoms with Gasteiger partial charge in [0.1, 0.15) is 11.5 Å². The lowest BCUT2D eigenvalue weighted by atomic mass is 10.4. The van der Waals surface area contributed by atoms with Crippen molar-refractivity contribution in [3.05, 3.63) is 34.4 Å². The summed E-state index contributed by atoms with van der Waals surface area (Å²) in [5.74, 6) is 0.254. The van der Waals surface area contributed by atoms with Gasteiger partial charge in [-0.15, -0.1) is 10.2 Å². The maximum absolute atomic E-state index is 11.1. The van der Waals surface area contributed by atoms with Gasteiger partial charge in [-0.1, -0.05) is 6.92 Å². The van der Waals surface area contributed by atoms with Crippen molar-refractivity contribution in [1.29, 1.82) is 0 Å². The van der Waals surface area contributed by atoms with Crippen molar-refractivity contribution in [1.82, 2.24) is 10.2 Å². The highest BCUT2D eigenvalue weighted by Gasteiger charge is 2.10. The molecule has 0 aromatic carbocycles. The number of aromatic nitrogens is 2. The molecule has 2 aromatic rings. The largest absolute Gasteiger partial charge is 0.544 e. The third-order valence-corrected chi connectivity index (χ3v) is 3.03. The smallest absolute Gasteiger partial charge is 0.281 e. The number of aryl methyl sites for hydroxylation is 2. The Hall–Kier alpha value is -2.02. The van der Waals surface area contributed by atoms with Gasteiger partial charge in [0.2, 0.25) is 5.89 Å². The van der Waals surface area contributed by atoms with E-state index in [1.807, 2.05) is 6.92 Å². The molecule has 2 aromatic heterocycles. The maximum atomic E-state index is 11.1. The molecule has 0 saturated carbocycles. The fourth-order valence-corrected chi connectivity index (χ4v) is 1.97. The molecule has 0 aliphatic rings. The van der Waals surface area contributed by atoms with Crippen LogP contribution in [0.1, 0.15) is 24.3 Å². The minimum atomic E-state index is -1.32. The van der Waals surface area contributed by atoms with Gasteiger partial charge in [0.25, 0.3) is 5.22 Å². The number of hydrogen-bond acceptors (Lipinski definition) is 7. The molecule has 2 heterocycles. The molecule has 0 bridgehead atoms. The maximum Gasteiger partial charge on any atom is 0.281 e. The predicted molar refractivity (Wildman–Crippen MR) is 66.0 cm³/mol. The molecule has 0 atom stereocenters. The number of thioether (sulfide) groups is 1. The van der Waals surface area contributed by atoms with E-state index in [0.717, 1.165) is 11.8 Å². The molecule has 0 saturated heterocycles. The van der Waals surface area contributed by atoms with Gasteiger partial charge in [0.05, 0.1) is 5.97 Å². The third-order valence-electron chi connectivity index (χ3n) is 2.18. The van der Waals surface area contributed by atoms with Gasteiger partial charge < -0.3 is 18.7 Å². The third kappa shape index (κ3) is 3.47. The lowest BCUT2D eigenvalue weighted by Crippen LogP contribution is -2.22. The van der Waals surface area contributed by atoms with Crippen LogP contribution in [0.15, 0.2) is 31.1 Å². The zero-order valence-electron chi connectivity index (χ0n) is 10.4. The van der Waals surface area contributed by atoms with Crippen LogP contribution < -0.4 is 5.11 Å². The molecule has 0 aliphatic heterocycles. The van der Waals surface area contributed by atoms with Crippen LogP contribution in [0.4, 0.5) is 0 Å². The van der Waals surface area contributed by atoms with Crippen LogP contribution in [0.3, 0.4) is 0 Å². The molecule has 0 N–H and O–H groups in total. The summed E-state index contributed by atoms with van der Waals surface area (Å²) in [4.78, 5) is 11.0. The lowest BCUT2D eigenvalue weighted by Gasteiger charge is -2.03. The first-order valence-corrected chi connectivity index (χ1v) is 6.40. The zero-order valence-corrected chi connectivity index (χ0v) is 11.2. The van der Waals surface area contributed by atoms with Crippen molar-refractivity contribution in [3.63, 3.8) is 0 Å². The Balaban J connectivity index is 2.21. The summed E-state index contributed by atoms with van der Waals surface area (Å²) in [5, 5.41) is 18.7. The standard InChI is InChI=1S/C12H12N2O4S/c1-3-10-13-14-12(18-10)19-9(11(15)16)6-8-5-4-7(2)17-8/h4-6H,3H2,1-2H3,(H,15,16)/p-1/b9-6+. The fourth-order valence-electron chi connectivity index (χ4n) is 1.31. The minimum Gasteiger partial charge on any atom is -0.544 e. The minimum absolute atomic E-state index is 0.0550. The summed E-state index contributed by atoms with van der Waals surface area (Å²) >= 11 is 0.836. The van der Waals surface area contributed by atoms with Crippen molar-refractivity contribution >= 4 is 23.8 Å². The average molecular weight is 279 g/mol. The van der Waals surface area contributed by atoms with E-state index in [9.17, 15) is 9.90 Å². The number of hydrogen-bond donors (Lipinski definition) is 0. The number of carboxylic acid groups (broad SMARTS) is 1. The number of carboxylic acids is 1. The van der Waals surface area contributed by atoms with Crippen molar-refractivity contribution < 1.29 is 18.7 Å². The topological polar surface area (TPSA) is 92.2 Å². The van der Waals surface area contributed by atoms with E-state index >= 15 is 0 Å². The predicted octanol–water partition coefficient (Wildman–Crippen LogP) is 1.42. The second-order valence-corrected chi connectivity index (χ2v) is 4.65. The molecule has 0 aliphatic carbocycles. The summed E-state index contributed by atoms with van der Waals surface area (Å²) in [7, 11) is 0. The van der Waals surface area contributed by atoms with Crippen LogP contribution in [0.2, 0.25) is 0 Å². The molecule has 2 rings (SSSR count). The van der Waals surface area contributed by atoms with Crippen LogP contribution in [0.25, 0.3) is 6.08 Å². The summed E-state index contributed by atoms with van der Waals surface area (Å²) in [6, 6.07) is 3.41. The number of aliphatic carboxylic acids is 1. The average Bonchev–Trinajstić information content (AvgIpc) is 2.97. The first-order chi connectivity index (χ1) is 9.08. The van der Waals surface area contributed by atoms with Crippen molar-refractivity contribution in [3.8, 4) is 0 Å². The monoisotopic (exact) mass is 279 g/mol. The van der Waals surface area contributed by atoms with Gasteiger partial charge in [-0.25, -0.2) is 0 Å². The molecular formula is C12H11N2O4S-. The van der Waals surface area contributed by atoms with Crippen LogP contribution in [-0.2, 0) is 11.2 Å². The summed E-state index contributed by atoms with van der Waals surface area (Å²) < 4.78 is 10.5. The Kier molecular flexibility index (Phi) is 4.06. The number of furan rings is 1. The fraction of sp³-hybridized carbons (Fsp3) is 0.250.